The fourth-order valence-corrected chi connectivity index (χ4v) is 4.03. The molecule has 0 aromatic carbocycles. The first-order valence-electron chi connectivity index (χ1n) is 11.1. The lowest BCUT2D eigenvalue weighted by Crippen LogP contribution is -2.39. The highest BCUT2D eigenvalue weighted by atomic mass is 19.3. The summed E-state index contributed by atoms with van der Waals surface area (Å²) in [5.74, 6) is 3.71. The highest BCUT2D eigenvalue weighted by Gasteiger charge is 2.33. The number of nitrogens with zero attached hydrogens (tertiary/aromatic N) is 5. The van der Waals surface area contributed by atoms with Crippen molar-refractivity contribution in [1.82, 2.24) is 24.9 Å². The Morgan fingerprint density at radius 1 is 1.26 bits per heavy atom. The van der Waals surface area contributed by atoms with Crippen LogP contribution in [-0.2, 0) is 17.7 Å². The van der Waals surface area contributed by atoms with E-state index in [0.717, 1.165) is 48.4 Å². The first-order chi connectivity index (χ1) is 15.0. The molecule has 2 aromatic rings. The van der Waals surface area contributed by atoms with Crippen LogP contribution >= 0.6 is 0 Å². The van der Waals surface area contributed by atoms with Gasteiger partial charge in [-0.25, -0.2) is 13.5 Å². The molecule has 2 aliphatic rings. The van der Waals surface area contributed by atoms with Crippen molar-refractivity contribution < 1.29 is 13.5 Å². The lowest BCUT2D eigenvalue weighted by molar-refractivity contribution is -0.0527. The number of pyridine rings is 1. The van der Waals surface area contributed by atoms with Crippen LogP contribution in [0.2, 0.25) is 0 Å². The van der Waals surface area contributed by atoms with Crippen LogP contribution in [0.5, 0.6) is 0 Å². The number of hydrogen-bond acceptors (Lipinski definition) is 5. The van der Waals surface area contributed by atoms with E-state index in [2.05, 4.69) is 34.1 Å². The summed E-state index contributed by atoms with van der Waals surface area (Å²) >= 11 is 0. The number of alkyl halides is 2. The van der Waals surface area contributed by atoms with E-state index in [1.54, 1.807) is 6.20 Å². The molecule has 2 saturated heterocycles. The van der Waals surface area contributed by atoms with Crippen LogP contribution in [0.15, 0.2) is 18.5 Å². The maximum Gasteiger partial charge on any atom is 0.250 e. The monoisotopic (exact) mass is 429 g/mol. The maximum atomic E-state index is 13.3. The van der Waals surface area contributed by atoms with Crippen LogP contribution in [-0.4, -0.2) is 63.1 Å². The van der Waals surface area contributed by atoms with Crippen LogP contribution in [0.4, 0.5) is 8.78 Å². The molecule has 1 atom stereocenters. The van der Waals surface area contributed by atoms with E-state index >= 15 is 0 Å². The molecule has 0 amide bonds. The normalized spacial score (nSPS) is 21.5. The van der Waals surface area contributed by atoms with Crippen LogP contribution in [0.25, 0.3) is 11.4 Å². The molecule has 4 heterocycles. The standard InChI is InChI=1S/C23H29F2N5O/c1-2-19-14-18(6-5-10-29-11-8-23(24,25)9-12-29)15-26-22(19)21-17-30(28-27-21)16-20-7-3-4-13-31-20/h14-15,17,20H,2-4,7-13,16H2,1H3/t20-/m1/s1. The van der Waals surface area contributed by atoms with Gasteiger partial charge in [0.05, 0.1) is 31.1 Å². The Bertz CT molecular complexity index is 933. The van der Waals surface area contributed by atoms with E-state index in [9.17, 15) is 8.78 Å². The summed E-state index contributed by atoms with van der Waals surface area (Å²) in [4.78, 5) is 6.58. The second kappa shape index (κ2) is 9.84. The Kier molecular flexibility index (Phi) is 6.93. The highest BCUT2D eigenvalue weighted by molar-refractivity contribution is 5.59. The molecule has 0 unspecified atom stereocenters. The molecule has 0 radical (unpaired) electrons. The smallest absolute Gasteiger partial charge is 0.250 e. The Morgan fingerprint density at radius 2 is 2.10 bits per heavy atom. The van der Waals surface area contributed by atoms with Crippen LogP contribution in [0.3, 0.4) is 0 Å². The molecule has 2 fully saturated rings. The fourth-order valence-electron chi connectivity index (χ4n) is 4.03. The molecule has 0 saturated carbocycles. The van der Waals surface area contributed by atoms with Crippen LogP contribution in [0.1, 0.15) is 50.2 Å². The number of halogens is 2. The van der Waals surface area contributed by atoms with Crippen LogP contribution < -0.4 is 0 Å². The van der Waals surface area contributed by atoms with Crippen molar-refractivity contribution in [2.45, 2.75) is 64.0 Å². The molecule has 6 nitrogen and oxygen atoms in total. The van der Waals surface area contributed by atoms with Gasteiger partial charge in [0.15, 0.2) is 0 Å². The molecule has 2 aliphatic heterocycles. The van der Waals surface area contributed by atoms with Gasteiger partial charge in [0.25, 0.3) is 5.92 Å². The number of aryl methyl sites for hydroxylation is 1. The predicted octanol–water partition coefficient (Wildman–Crippen LogP) is 3.55. The lowest BCUT2D eigenvalue weighted by atomic mass is 10.1. The average molecular weight is 430 g/mol. The van der Waals surface area contributed by atoms with E-state index in [0.29, 0.717) is 26.2 Å². The minimum absolute atomic E-state index is 0.0849. The third kappa shape index (κ3) is 5.86. The zero-order valence-corrected chi connectivity index (χ0v) is 18.0. The van der Waals surface area contributed by atoms with Crippen molar-refractivity contribution in [3.8, 4) is 23.2 Å². The fraction of sp³-hybridized carbons (Fsp3) is 0.609. The molecule has 31 heavy (non-hydrogen) atoms. The molecule has 8 heteroatoms. The number of rotatable bonds is 5. The minimum atomic E-state index is -2.52. The molecule has 166 valence electrons. The average Bonchev–Trinajstić information content (AvgIpc) is 3.23. The van der Waals surface area contributed by atoms with Crippen molar-refractivity contribution in [2.24, 2.45) is 0 Å². The van der Waals surface area contributed by atoms with Gasteiger partial charge in [-0.15, -0.1) is 5.10 Å². The number of likely N-dealkylation sites (tertiary alicyclic amines) is 1. The Labute approximate surface area is 182 Å². The number of ether oxygens (including phenoxy) is 1. The van der Waals surface area contributed by atoms with Crippen LogP contribution in [0, 0.1) is 11.8 Å². The number of piperidine rings is 1. The van der Waals surface area contributed by atoms with Gasteiger partial charge in [0.2, 0.25) is 0 Å². The molecule has 0 aliphatic carbocycles. The largest absolute Gasteiger partial charge is 0.376 e. The molecule has 2 aromatic heterocycles. The van der Waals surface area contributed by atoms with Crippen molar-refractivity contribution >= 4 is 0 Å². The van der Waals surface area contributed by atoms with Gasteiger partial charge < -0.3 is 4.74 Å². The van der Waals surface area contributed by atoms with E-state index in [-0.39, 0.29) is 18.9 Å². The van der Waals surface area contributed by atoms with Crippen molar-refractivity contribution in [3.63, 3.8) is 0 Å². The summed E-state index contributed by atoms with van der Waals surface area (Å²) in [7, 11) is 0. The second-order valence-electron chi connectivity index (χ2n) is 8.33. The van der Waals surface area contributed by atoms with Gasteiger partial charge in [-0.2, -0.15) is 0 Å². The molecule has 0 bridgehead atoms. The van der Waals surface area contributed by atoms with Gasteiger partial charge >= 0.3 is 0 Å². The van der Waals surface area contributed by atoms with Gasteiger partial charge in [-0.1, -0.05) is 24.0 Å². The molecule has 4 rings (SSSR count). The summed E-state index contributed by atoms with van der Waals surface area (Å²) in [5, 5.41) is 8.57. The van der Waals surface area contributed by atoms with Gasteiger partial charge in [-0.3, -0.25) is 9.88 Å². The number of aromatic nitrogens is 4. The second-order valence-corrected chi connectivity index (χ2v) is 8.33. The molecule has 0 N–H and O–H groups in total. The summed E-state index contributed by atoms with van der Waals surface area (Å²) in [6, 6.07) is 2.03. The summed E-state index contributed by atoms with van der Waals surface area (Å²) < 4.78 is 34.1. The topological polar surface area (TPSA) is 56.1 Å². The van der Waals surface area contributed by atoms with Gasteiger partial charge in [-0.05, 0) is 37.3 Å². The first-order valence-corrected chi connectivity index (χ1v) is 11.1. The molecular formula is C23H29F2N5O. The zero-order chi connectivity index (χ0) is 21.7. The van der Waals surface area contributed by atoms with E-state index in [1.165, 1.54) is 6.42 Å². The molecule has 0 spiro atoms. The van der Waals surface area contributed by atoms with Crippen molar-refractivity contribution in [3.05, 3.63) is 29.6 Å². The van der Waals surface area contributed by atoms with Crippen molar-refractivity contribution in [2.75, 3.05) is 26.2 Å². The van der Waals surface area contributed by atoms with E-state index in [1.807, 2.05) is 21.8 Å². The first kappa shape index (κ1) is 21.8. The SMILES string of the molecule is CCc1cc(C#CCN2CCC(F)(F)CC2)cnc1-c1cn(C[C@H]2CCCCO2)nn1. The van der Waals surface area contributed by atoms with Gasteiger partial charge in [0.1, 0.15) is 5.69 Å². The Hall–Kier alpha value is -2.37. The quantitative estimate of drug-likeness (QED) is 0.681. The van der Waals surface area contributed by atoms with E-state index < -0.39 is 5.92 Å². The zero-order valence-electron chi connectivity index (χ0n) is 18.0. The lowest BCUT2D eigenvalue weighted by Gasteiger charge is -2.30. The summed E-state index contributed by atoms with van der Waals surface area (Å²) in [6.07, 6.45) is 7.89. The van der Waals surface area contributed by atoms with E-state index in [4.69, 9.17) is 4.74 Å². The summed E-state index contributed by atoms with van der Waals surface area (Å²) in [5.41, 5.74) is 3.46. The number of hydrogen-bond donors (Lipinski definition) is 0. The predicted molar refractivity (Wildman–Crippen MR) is 114 cm³/mol. The third-order valence-corrected chi connectivity index (χ3v) is 5.92. The molecular weight excluding hydrogens is 400 g/mol. The Morgan fingerprint density at radius 3 is 2.84 bits per heavy atom. The van der Waals surface area contributed by atoms with Gasteiger partial charge in [0, 0.05) is 44.3 Å². The minimum Gasteiger partial charge on any atom is -0.376 e. The third-order valence-electron chi connectivity index (χ3n) is 5.92. The van der Waals surface area contributed by atoms with Crippen molar-refractivity contribution in [1.29, 1.82) is 0 Å². The Balaban J connectivity index is 1.39. The summed E-state index contributed by atoms with van der Waals surface area (Å²) in [6.45, 7) is 4.88. The highest BCUT2D eigenvalue weighted by Crippen LogP contribution is 2.27. The maximum absolute atomic E-state index is 13.3.